The highest BCUT2D eigenvalue weighted by atomic mass is 16.2. The van der Waals surface area contributed by atoms with Gasteiger partial charge in [-0.3, -0.25) is 9.78 Å². The molecule has 1 amide bonds. The second-order valence-electron chi connectivity index (χ2n) is 4.62. The lowest BCUT2D eigenvalue weighted by atomic mass is 10.2. The van der Waals surface area contributed by atoms with Crippen molar-refractivity contribution in [3.8, 4) is 0 Å². The van der Waals surface area contributed by atoms with E-state index in [0.29, 0.717) is 17.2 Å². The van der Waals surface area contributed by atoms with Crippen molar-refractivity contribution in [1.29, 1.82) is 0 Å². The molecule has 0 bridgehead atoms. The number of aromatic nitrogens is 1. The fourth-order valence-corrected chi connectivity index (χ4v) is 1.90. The maximum atomic E-state index is 12.1. The van der Waals surface area contributed by atoms with Gasteiger partial charge >= 0.3 is 0 Å². The maximum absolute atomic E-state index is 12.1. The largest absolute Gasteiger partial charge is 0.397 e. The van der Waals surface area contributed by atoms with E-state index in [2.05, 4.69) is 11.9 Å². The third kappa shape index (κ3) is 2.15. The molecule has 16 heavy (non-hydrogen) atoms. The second kappa shape index (κ2) is 4.12. The zero-order valence-electron chi connectivity index (χ0n) is 9.68. The van der Waals surface area contributed by atoms with Crippen LogP contribution in [0, 0.1) is 11.8 Å². The van der Waals surface area contributed by atoms with Crippen LogP contribution in [0.15, 0.2) is 18.5 Å². The van der Waals surface area contributed by atoms with E-state index < -0.39 is 0 Å². The van der Waals surface area contributed by atoms with Gasteiger partial charge < -0.3 is 10.6 Å². The first-order valence-electron chi connectivity index (χ1n) is 5.54. The van der Waals surface area contributed by atoms with Crippen molar-refractivity contribution in [2.24, 2.45) is 11.8 Å². The number of hydrogen-bond donors (Lipinski definition) is 1. The fourth-order valence-electron chi connectivity index (χ4n) is 1.90. The standard InChI is InChI=1S/C12H17N3O/c1-8-5-9(8)7-15(2)12(16)10-3-4-14-6-11(10)13/h3-4,6,8-9H,5,7,13H2,1-2H3. The molecule has 1 aliphatic rings. The van der Waals surface area contributed by atoms with E-state index in [9.17, 15) is 4.79 Å². The Morgan fingerprint density at radius 2 is 2.38 bits per heavy atom. The third-order valence-corrected chi connectivity index (χ3v) is 3.21. The number of nitrogen functional groups attached to an aromatic ring is 1. The molecule has 0 aromatic carbocycles. The molecule has 2 rings (SSSR count). The van der Waals surface area contributed by atoms with E-state index in [-0.39, 0.29) is 5.91 Å². The Balaban J connectivity index is 2.04. The first-order valence-corrected chi connectivity index (χ1v) is 5.54. The highest BCUT2D eigenvalue weighted by Crippen LogP contribution is 2.38. The molecule has 2 N–H and O–H groups in total. The molecule has 86 valence electrons. The summed E-state index contributed by atoms with van der Waals surface area (Å²) >= 11 is 0. The SMILES string of the molecule is CC1CC1CN(C)C(=O)c1ccncc1N. The first-order chi connectivity index (χ1) is 7.59. The van der Waals surface area contributed by atoms with Crippen molar-refractivity contribution in [3.05, 3.63) is 24.0 Å². The lowest BCUT2D eigenvalue weighted by Gasteiger charge is -2.17. The maximum Gasteiger partial charge on any atom is 0.255 e. The number of carbonyl (C=O) groups is 1. The lowest BCUT2D eigenvalue weighted by Crippen LogP contribution is -2.29. The molecule has 0 aliphatic heterocycles. The molecule has 4 heteroatoms. The summed E-state index contributed by atoms with van der Waals surface area (Å²) in [5.74, 6) is 1.40. The normalized spacial score (nSPS) is 22.9. The summed E-state index contributed by atoms with van der Waals surface area (Å²) in [6, 6.07) is 1.67. The zero-order valence-corrected chi connectivity index (χ0v) is 9.68. The Bertz CT molecular complexity index is 405. The summed E-state index contributed by atoms with van der Waals surface area (Å²) < 4.78 is 0. The molecule has 1 heterocycles. The van der Waals surface area contributed by atoms with Crippen molar-refractivity contribution in [2.45, 2.75) is 13.3 Å². The summed E-state index contributed by atoms with van der Waals surface area (Å²) in [7, 11) is 1.83. The average Bonchev–Trinajstić information content (AvgIpc) is 2.94. The number of pyridine rings is 1. The Morgan fingerprint density at radius 3 is 2.94 bits per heavy atom. The van der Waals surface area contributed by atoms with Crippen LogP contribution < -0.4 is 5.73 Å². The van der Waals surface area contributed by atoms with Gasteiger partial charge in [0, 0.05) is 19.8 Å². The van der Waals surface area contributed by atoms with E-state index in [4.69, 9.17) is 5.73 Å². The van der Waals surface area contributed by atoms with Crippen molar-refractivity contribution in [3.63, 3.8) is 0 Å². The summed E-state index contributed by atoms with van der Waals surface area (Å²) in [5, 5.41) is 0. The fraction of sp³-hybridized carbons (Fsp3) is 0.500. The van der Waals surface area contributed by atoms with Gasteiger partial charge in [-0.1, -0.05) is 6.92 Å². The number of rotatable bonds is 3. The van der Waals surface area contributed by atoms with E-state index in [1.54, 1.807) is 17.2 Å². The van der Waals surface area contributed by atoms with Gasteiger partial charge in [-0.05, 0) is 24.3 Å². The van der Waals surface area contributed by atoms with Gasteiger partial charge in [0.05, 0.1) is 17.4 Å². The lowest BCUT2D eigenvalue weighted by molar-refractivity contribution is 0.0788. The molecule has 1 aliphatic carbocycles. The molecule has 2 atom stereocenters. The van der Waals surface area contributed by atoms with Crippen molar-refractivity contribution in [2.75, 3.05) is 19.3 Å². The summed E-state index contributed by atoms with van der Waals surface area (Å²) in [6.07, 6.45) is 4.33. The van der Waals surface area contributed by atoms with Gasteiger partial charge in [0.25, 0.3) is 5.91 Å². The van der Waals surface area contributed by atoms with Gasteiger partial charge in [-0.15, -0.1) is 0 Å². The molecule has 1 fully saturated rings. The molecule has 0 radical (unpaired) electrons. The minimum Gasteiger partial charge on any atom is -0.397 e. The molecule has 0 saturated heterocycles. The zero-order chi connectivity index (χ0) is 11.7. The van der Waals surface area contributed by atoms with Crippen LogP contribution in [0.1, 0.15) is 23.7 Å². The van der Waals surface area contributed by atoms with Crippen LogP contribution in [0.5, 0.6) is 0 Å². The van der Waals surface area contributed by atoms with Crippen LogP contribution in [0.3, 0.4) is 0 Å². The van der Waals surface area contributed by atoms with Crippen LogP contribution in [0.25, 0.3) is 0 Å². The highest BCUT2D eigenvalue weighted by Gasteiger charge is 2.34. The van der Waals surface area contributed by atoms with Gasteiger partial charge in [-0.2, -0.15) is 0 Å². The van der Waals surface area contributed by atoms with Crippen LogP contribution >= 0.6 is 0 Å². The third-order valence-electron chi connectivity index (χ3n) is 3.21. The second-order valence-corrected chi connectivity index (χ2v) is 4.62. The first kappa shape index (κ1) is 10.9. The molecule has 1 aromatic rings. The predicted octanol–water partition coefficient (Wildman–Crippen LogP) is 1.39. The summed E-state index contributed by atoms with van der Waals surface area (Å²) in [6.45, 7) is 3.03. The number of amides is 1. The molecule has 4 nitrogen and oxygen atoms in total. The van der Waals surface area contributed by atoms with Gasteiger partial charge in [0.2, 0.25) is 0 Å². The Hall–Kier alpha value is -1.58. The van der Waals surface area contributed by atoms with Crippen LogP contribution in [-0.2, 0) is 0 Å². The van der Waals surface area contributed by atoms with Crippen molar-refractivity contribution < 1.29 is 4.79 Å². The molecular formula is C12H17N3O. The average molecular weight is 219 g/mol. The minimum absolute atomic E-state index is 0.0148. The molecule has 2 unspecified atom stereocenters. The minimum atomic E-state index is -0.0148. The van der Waals surface area contributed by atoms with Gasteiger partial charge in [0.1, 0.15) is 0 Å². The number of hydrogen-bond acceptors (Lipinski definition) is 3. The van der Waals surface area contributed by atoms with Gasteiger partial charge in [0.15, 0.2) is 0 Å². The summed E-state index contributed by atoms with van der Waals surface area (Å²) in [4.78, 5) is 17.7. The topological polar surface area (TPSA) is 59.2 Å². The quantitative estimate of drug-likeness (QED) is 0.835. The molecule has 1 saturated carbocycles. The highest BCUT2D eigenvalue weighted by molar-refractivity contribution is 5.98. The number of nitrogens with zero attached hydrogens (tertiary/aromatic N) is 2. The van der Waals surface area contributed by atoms with E-state index >= 15 is 0 Å². The Morgan fingerprint density at radius 1 is 1.69 bits per heavy atom. The van der Waals surface area contributed by atoms with Crippen LogP contribution in [0.2, 0.25) is 0 Å². The van der Waals surface area contributed by atoms with E-state index in [1.165, 1.54) is 12.6 Å². The van der Waals surface area contributed by atoms with E-state index in [1.807, 2.05) is 7.05 Å². The number of anilines is 1. The van der Waals surface area contributed by atoms with Crippen molar-refractivity contribution >= 4 is 11.6 Å². The molecule has 1 aromatic heterocycles. The van der Waals surface area contributed by atoms with E-state index in [0.717, 1.165) is 12.5 Å². The summed E-state index contributed by atoms with van der Waals surface area (Å²) in [5.41, 5.74) is 6.72. The Labute approximate surface area is 95.5 Å². The Kier molecular flexibility index (Phi) is 2.81. The molecular weight excluding hydrogens is 202 g/mol. The van der Waals surface area contributed by atoms with Crippen LogP contribution in [-0.4, -0.2) is 29.4 Å². The number of carbonyl (C=O) groups excluding carboxylic acids is 1. The number of nitrogens with two attached hydrogens (primary N) is 1. The molecule has 0 spiro atoms. The van der Waals surface area contributed by atoms with Gasteiger partial charge in [-0.25, -0.2) is 0 Å². The van der Waals surface area contributed by atoms with Crippen LogP contribution in [0.4, 0.5) is 5.69 Å². The predicted molar refractivity (Wildman–Crippen MR) is 62.9 cm³/mol. The van der Waals surface area contributed by atoms with Crippen molar-refractivity contribution in [1.82, 2.24) is 9.88 Å². The smallest absolute Gasteiger partial charge is 0.255 e. The monoisotopic (exact) mass is 219 g/mol.